The SMILES string of the molecule is Cc1ccccc1CN(c1ccc(C(=O)NCCc2ccccc2)cc1)S(C)(=O)=O. The number of carbonyl (C=O) groups excluding carboxylic acids is 1. The first-order valence-corrected chi connectivity index (χ1v) is 11.6. The lowest BCUT2D eigenvalue weighted by molar-refractivity contribution is 0.0954. The Balaban J connectivity index is 1.68. The molecule has 0 aliphatic heterocycles. The molecule has 0 atom stereocenters. The Bertz CT molecular complexity index is 1090. The monoisotopic (exact) mass is 422 g/mol. The van der Waals surface area contributed by atoms with E-state index in [1.807, 2.05) is 61.5 Å². The summed E-state index contributed by atoms with van der Waals surface area (Å²) >= 11 is 0. The minimum absolute atomic E-state index is 0.178. The highest BCUT2D eigenvalue weighted by molar-refractivity contribution is 7.92. The van der Waals surface area contributed by atoms with Gasteiger partial charge in [-0.3, -0.25) is 9.10 Å². The molecule has 0 radical (unpaired) electrons. The van der Waals surface area contributed by atoms with E-state index in [1.54, 1.807) is 24.3 Å². The molecule has 0 saturated carbocycles. The average molecular weight is 423 g/mol. The van der Waals surface area contributed by atoms with Crippen molar-refractivity contribution in [2.45, 2.75) is 19.9 Å². The quantitative estimate of drug-likeness (QED) is 0.598. The molecule has 0 bridgehead atoms. The maximum Gasteiger partial charge on any atom is 0.251 e. The van der Waals surface area contributed by atoms with Gasteiger partial charge in [0.1, 0.15) is 0 Å². The van der Waals surface area contributed by atoms with Gasteiger partial charge in [0, 0.05) is 12.1 Å². The number of amides is 1. The molecule has 0 aliphatic carbocycles. The Morgan fingerprint density at radius 2 is 1.53 bits per heavy atom. The second-order valence-corrected chi connectivity index (χ2v) is 9.14. The van der Waals surface area contributed by atoms with Gasteiger partial charge in [-0.15, -0.1) is 0 Å². The highest BCUT2D eigenvalue weighted by Gasteiger charge is 2.19. The molecule has 0 spiro atoms. The maximum absolute atomic E-state index is 12.4. The normalized spacial score (nSPS) is 11.1. The molecule has 0 heterocycles. The van der Waals surface area contributed by atoms with Crippen molar-refractivity contribution in [3.05, 3.63) is 101 Å². The first-order valence-electron chi connectivity index (χ1n) is 9.79. The van der Waals surface area contributed by atoms with E-state index in [4.69, 9.17) is 0 Å². The van der Waals surface area contributed by atoms with E-state index < -0.39 is 10.0 Å². The number of sulfonamides is 1. The average Bonchev–Trinajstić information content (AvgIpc) is 2.73. The Kier molecular flexibility index (Phi) is 6.90. The zero-order valence-electron chi connectivity index (χ0n) is 17.2. The third-order valence-electron chi connectivity index (χ3n) is 4.94. The largest absolute Gasteiger partial charge is 0.352 e. The summed E-state index contributed by atoms with van der Waals surface area (Å²) in [6, 6.07) is 24.3. The number of hydrogen-bond acceptors (Lipinski definition) is 3. The van der Waals surface area contributed by atoms with Crippen molar-refractivity contribution in [2.75, 3.05) is 17.1 Å². The number of aryl methyl sites for hydroxylation is 1. The van der Waals surface area contributed by atoms with Crippen molar-refractivity contribution in [1.82, 2.24) is 5.32 Å². The number of anilines is 1. The van der Waals surface area contributed by atoms with E-state index in [-0.39, 0.29) is 12.5 Å². The van der Waals surface area contributed by atoms with Gasteiger partial charge in [-0.25, -0.2) is 8.42 Å². The van der Waals surface area contributed by atoms with Crippen molar-refractivity contribution in [3.63, 3.8) is 0 Å². The summed E-state index contributed by atoms with van der Waals surface area (Å²) in [6.45, 7) is 2.74. The molecule has 3 rings (SSSR count). The van der Waals surface area contributed by atoms with Crippen molar-refractivity contribution in [2.24, 2.45) is 0 Å². The lowest BCUT2D eigenvalue weighted by Crippen LogP contribution is -2.30. The molecular formula is C24H26N2O3S. The van der Waals surface area contributed by atoms with Crippen LogP contribution < -0.4 is 9.62 Å². The van der Waals surface area contributed by atoms with Crippen molar-refractivity contribution in [1.29, 1.82) is 0 Å². The number of nitrogens with zero attached hydrogens (tertiary/aromatic N) is 1. The molecular weight excluding hydrogens is 396 g/mol. The summed E-state index contributed by atoms with van der Waals surface area (Å²) in [5, 5.41) is 2.90. The summed E-state index contributed by atoms with van der Waals surface area (Å²) in [4.78, 5) is 12.4. The molecule has 0 saturated heterocycles. The molecule has 156 valence electrons. The summed E-state index contributed by atoms with van der Waals surface area (Å²) in [6.07, 6.45) is 1.94. The lowest BCUT2D eigenvalue weighted by Gasteiger charge is -2.23. The predicted molar refractivity (Wildman–Crippen MR) is 121 cm³/mol. The molecule has 0 aromatic heterocycles. The third kappa shape index (κ3) is 5.70. The Morgan fingerprint density at radius 1 is 0.900 bits per heavy atom. The van der Waals surface area contributed by atoms with Gasteiger partial charge in [0.2, 0.25) is 10.0 Å². The van der Waals surface area contributed by atoms with Crippen molar-refractivity contribution in [3.8, 4) is 0 Å². The van der Waals surface area contributed by atoms with Crippen molar-refractivity contribution >= 4 is 21.6 Å². The summed E-state index contributed by atoms with van der Waals surface area (Å²) in [5.41, 5.74) is 4.15. The Hall–Kier alpha value is -3.12. The Labute approximate surface area is 178 Å². The lowest BCUT2D eigenvalue weighted by atomic mass is 10.1. The van der Waals surface area contributed by atoms with Gasteiger partial charge in [-0.05, 0) is 54.3 Å². The number of carbonyl (C=O) groups is 1. The third-order valence-corrected chi connectivity index (χ3v) is 6.08. The number of hydrogen-bond donors (Lipinski definition) is 1. The van der Waals surface area contributed by atoms with Crippen LogP contribution in [0.2, 0.25) is 0 Å². The molecule has 6 heteroatoms. The van der Waals surface area contributed by atoms with Gasteiger partial charge in [0.15, 0.2) is 0 Å². The number of nitrogens with one attached hydrogen (secondary N) is 1. The number of benzene rings is 3. The van der Waals surface area contributed by atoms with E-state index >= 15 is 0 Å². The fourth-order valence-corrected chi connectivity index (χ4v) is 4.07. The predicted octanol–water partition coefficient (Wildman–Crippen LogP) is 3.93. The van der Waals surface area contributed by atoms with Crippen LogP contribution in [-0.2, 0) is 23.0 Å². The van der Waals surface area contributed by atoms with Crippen LogP contribution in [0.25, 0.3) is 0 Å². The van der Waals surface area contributed by atoms with Gasteiger partial charge in [0.25, 0.3) is 5.91 Å². The topological polar surface area (TPSA) is 66.5 Å². The van der Waals surface area contributed by atoms with Gasteiger partial charge in [0.05, 0.1) is 18.5 Å². The fraction of sp³-hybridized carbons (Fsp3) is 0.208. The molecule has 1 amide bonds. The maximum atomic E-state index is 12.4. The minimum atomic E-state index is -3.48. The van der Waals surface area contributed by atoms with Crippen LogP contribution in [-0.4, -0.2) is 27.1 Å². The molecule has 1 N–H and O–H groups in total. The minimum Gasteiger partial charge on any atom is -0.352 e. The zero-order chi connectivity index (χ0) is 21.6. The second-order valence-electron chi connectivity index (χ2n) is 7.23. The van der Waals surface area contributed by atoms with Gasteiger partial charge in [-0.1, -0.05) is 54.6 Å². The van der Waals surface area contributed by atoms with Crippen LogP contribution in [0.4, 0.5) is 5.69 Å². The first kappa shape index (κ1) is 21.6. The highest BCUT2D eigenvalue weighted by Crippen LogP contribution is 2.22. The number of rotatable bonds is 8. The van der Waals surface area contributed by atoms with Crippen LogP contribution in [0.15, 0.2) is 78.9 Å². The van der Waals surface area contributed by atoms with E-state index in [9.17, 15) is 13.2 Å². The van der Waals surface area contributed by atoms with E-state index in [1.165, 1.54) is 10.6 Å². The standard InChI is InChI=1S/C24H26N2O3S/c1-19-8-6-7-11-22(19)18-26(30(2,28)29)23-14-12-21(13-15-23)24(27)25-17-16-20-9-4-3-5-10-20/h3-15H,16-18H2,1-2H3,(H,25,27). The first-order chi connectivity index (χ1) is 14.3. The van der Waals surface area contributed by atoms with E-state index in [0.29, 0.717) is 17.8 Å². The van der Waals surface area contributed by atoms with Crippen LogP contribution in [0.3, 0.4) is 0 Å². The van der Waals surface area contributed by atoms with Crippen LogP contribution >= 0.6 is 0 Å². The van der Waals surface area contributed by atoms with Crippen molar-refractivity contribution < 1.29 is 13.2 Å². The van der Waals surface area contributed by atoms with Gasteiger partial charge >= 0.3 is 0 Å². The summed E-state index contributed by atoms with van der Waals surface area (Å²) in [5.74, 6) is -0.178. The van der Waals surface area contributed by atoms with E-state index in [0.717, 1.165) is 23.1 Å². The van der Waals surface area contributed by atoms with E-state index in [2.05, 4.69) is 5.32 Å². The molecule has 0 unspecified atom stereocenters. The van der Waals surface area contributed by atoms with Gasteiger partial charge < -0.3 is 5.32 Å². The molecule has 5 nitrogen and oxygen atoms in total. The molecule has 3 aromatic carbocycles. The van der Waals surface area contributed by atoms with Crippen LogP contribution in [0.1, 0.15) is 27.0 Å². The van der Waals surface area contributed by atoms with Gasteiger partial charge in [-0.2, -0.15) is 0 Å². The smallest absolute Gasteiger partial charge is 0.251 e. The molecule has 0 aliphatic rings. The summed E-state index contributed by atoms with van der Waals surface area (Å²) in [7, 11) is -3.48. The molecule has 30 heavy (non-hydrogen) atoms. The van der Waals surface area contributed by atoms with Crippen LogP contribution in [0.5, 0.6) is 0 Å². The fourth-order valence-electron chi connectivity index (χ4n) is 3.19. The highest BCUT2D eigenvalue weighted by atomic mass is 32.2. The Morgan fingerprint density at radius 3 is 2.17 bits per heavy atom. The van der Waals surface area contributed by atoms with Crippen LogP contribution in [0, 0.1) is 6.92 Å². The molecule has 0 fully saturated rings. The molecule has 3 aromatic rings. The summed E-state index contributed by atoms with van der Waals surface area (Å²) < 4.78 is 26.1. The zero-order valence-corrected chi connectivity index (χ0v) is 18.0. The second kappa shape index (κ2) is 9.59.